The molecular formula is C18H28N4S. The first-order valence-electron chi connectivity index (χ1n) is 8.88. The summed E-state index contributed by atoms with van der Waals surface area (Å²) in [6.07, 6.45) is 8.28. The molecule has 0 bridgehead atoms. The van der Waals surface area contributed by atoms with E-state index in [2.05, 4.69) is 46.5 Å². The zero-order valence-corrected chi connectivity index (χ0v) is 15.0. The molecule has 23 heavy (non-hydrogen) atoms. The molecule has 126 valence electrons. The van der Waals surface area contributed by atoms with Crippen molar-refractivity contribution in [3.63, 3.8) is 0 Å². The minimum absolute atomic E-state index is 0.540. The van der Waals surface area contributed by atoms with Gasteiger partial charge in [0.15, 0.2) is 5.11 Å². The molecule has 2 N–H and O–H groups in total. The van der Waals surface area contributed by atoms with Gasteiger partial charge in [-0.3, -0.25) is 0 Å². The number of piperidine rings is 1. The molecule has 0 radical (unpaired) electrons. The van der Waals surface area contributed by atoms with Gasteiger partial charge in [-0.25, -0.2) is 4.98 Å². The third kappa shape index (κ3) is 4.56. The number of hydrogen-bond donors (Lipinski definition) is 2. The molecule has 4 nitrogen and oxygen atoms in total. The fourth-order valence-corrected chi connectivity index (χ4v) is 4.20. The van der Waals surface area contributed by atoms with Crippen LogP contribution in [0.2, 0.25) is 0 Å². The van der Waals surface area contributed by atoms with E-state index in [4.69, 9.17) is 12.2 Å². The first-order chi connectivity index (χ1) is 11.1. The summed E-state index contributed by atoms with van der Waals surface area (Å²) in [6, 6.07) is 4.72. The average molecular weight is 333 g/mol. The van der Waals surface area contributed by atoms with Crippen LogP contribution in [0.4, 0.5) is 11.5 Å². The van der Waals surface area contributed by atoms with Crippen LogP contribution in [0.5, 0.6) is 0 Å². The molecule has 0 spiro atoms. The first kappa shape index (κ1) is 16.5. The van der Waals surface area contributed by atoms with Gasteiger partial charge in [-0.1, -0.05) is 26.7 Å². The Hall–Kier alpha value is -1.36. The third-order valence-corrected chi connectivity index (χ3v) is 5.11. The molecule has 1 aromatic heterocycles. The van der Waals surface area contributed by atoms with Gasteiger partial charge in [0.1, 0.15) is 5.82 Å². The second-order valence-corrected chi connectivity index (χ2v) is 7.74. The highest BCUT2D eigenvalue weighted by molar-refractivity contribution is 7.80. The van der Waals surface area contributed by atoms with Gasteiger partial charge in [-0.2, -0.15) is 0 Å². The van der Waals surface area contributed by atoms with Gasteiger partial charge in [-0.05, 0) is 55.4 Å². The van der Waals surface area contributed by atoms with E-state index < -0.39 is 0 Å². The van der Waals surface area contributed by atoms with Crippen molar-refractivity contribution < 1.29 is 0 Å². The molecule has 3 rings (SSSR count). The Morgan fingerprint density at radius 1 is 1.17 bits per heavy atom. The minimum Gasteiger partial charge on any atom is -0.360 e. The van der Waals surface area contributed by atoms with Crippen molar-refractivity contribution >= 4 is 28.8 Å². The molecule has 2 fully saturated rings. The lowest BCUT2D eigenvalue weighted by Crippen LogP contribution is -2.39. The lowest BCUT2D eigenvalue weighted by Gasteiger charge is -2.35. The summed E-state index contributed by atoms with van der Waals surface area (Å²) >= 11 is 5.40. The largest absolute Gasteiger partial charge is 0.360 e. The van der Waals surface area contributed by atoms with Crippen LogP contribution < -0.4 is 15.5 Å². The topological polar surface area (TPSA) is 40.2 Å². The van der Waals surface area contributed by atoms with Crippen molar-refractivity contribution in [2.75, 3.05) is 23.3 Å². The zero-order valence-electron chi connectivity index (χ0n) is 14.2. The minimum atomic E-state index is 0.540. The van der Waals surface area contributed by atoms with Gasteiger partial charge in [-0.15, -0.1) is 0 Å². The Morgan fingerprint density at radius 3 is 2.48 bits per heavy atom. The molecular weight excluding hydrogens is 304 g/mol. The quantitative estimate of drug-likeness (QED) is 0.824. The van der Waals surface area contributed by atoms with Crippen molar-refractivity contribution in [2.24, 2.45) is 11.8 Å². The van der Waals surface area contributed by atoms with Crippen molar-refractivity contribution in [3.05, 3.63) is 18.3 Å². The van der Waals surface area contributed by atoms with E-state index in [9.17, 15) is 0 Å². The number of anilines is 2. The SMILES string of the molecule is C[C@@H]1C[C@@H](C)CN(c2ccc(NC(=S)NC3CCCC3)cn2)C1. The van der Waals surface area contributed by atoms with E-state index in [1.165, 1.54) is 32.1 Å². The smallest absolute Gasteiger partial charge is 0.171 e. The monoisotopic (exact) mass is 332 g/mol. The highest BCUT2D eigenvalue weighted by Crippen LogP contribution is 2.25. The van der Waals surface area contributed by atoms with Crippen LogP contribution >= 0.6 is 12.2 Å². The number of thiocarbonyl (C=S) groups is 1. The predicted octanol–water partition coefficient (Wildman–Crippen LogP) is 3.79. The number of pyridine rings is 1. The number of hydrogen-bond acceptors (Lipinski definition) is 3. The van der Waals surface area contributed by atoms with Crippen molar-refractivity contribution in [3.8, 4) is 0 Å². The molecule has 1 saturated heterocycles. The summed E-state index contributed by atoms with van der Waals surface area (Å²) in [6.45, 7) is 6.86. The van der Waals surface area contributed by atoms with E-state index >= 15 is 0 Å². The van der Waals surface area contributed by atoms with Gasteiger partial charge in [0.25, 0.3) is 0 Å². The molecule has 1 aromatic rings. The molecule has 1 aliphatic carbocycles. The lowest BCUT2D eigenvalue weighted by atomic mass is 9.92. The van der Waals surface area contributed by atoms with Gasteiger partial charge in [0.2, 0.25) is 0 Å². The molecule has 5 heteroatoms. The summed E-state index contributed by atoms with van der Waals surface area (Å²) in [5, 5.41) is 7.37. The fraction of sp³-hybridized carbons (Fsp3) is 0.667. The third-order valence-electron chi connectivity index (χ3n) is 4.89. The number of nitrogens with zero attached hydrogens (tertiary/aromatic N) is 2. The highest BCUT2D eigenvalue weighted by atomic mass is 32.1. The lowest BCUT2D eigenvalue weighted by molar-refractivity contribution is 0.355. The fourth-order valence-electron chi connectivity index (χ4n) is 3.92. The molecule has 2 aliphatic rings. The molecule has 2 atom stereocenters. The van der Waals surface area contributed by atoms with Crippen molar-refractivity contribution in [1.82, 2.24) is 10.3 Å². The van der Waals surface area contributed by atoms with E-state index in [-0.39, 0.29) is 0 Å². The number of aromatic nitrogens is 1. The number of rotatable bonds is 3. The van der Waals surface area contributed by atoms with Crippen molar-refractivity contribution in [2.45, 2.75) is 52.0 Å². The number of nitrogens with one attached hydrogen (secondary N) is 2. The zero-order chi connectivity index (χ0) is 16.2. The van der Waals surface area contributed by atoms with Crippen LogP contribution in [-0.4, -0.2) is 29.2 Å². The molecule has 0 aromatic carbocycles. The standard InChI is InChI=1S/C18H28N4S/c1-13-9-14(2)12-22(11-13)17-8-7-16(10-19-17)21-18(23)20-15-5-3-4-6-15/h7-8,10,13-15H,3-6,9,11-12H2,1-2H3,(H2,20,21,23)/t13-,14-/m1/s1. The normalized spacial score (nSPS) is 25.4. The maximum atomic E-state index is 5.40. The van der Waals surface area contributed by atoms with Crippen LogP contribution in [-0.2, 0) is 0 Å². The van der Waals surface area contributed by atoms with E-state index in [1.807, 2.05) is 6.20 Å². The van der Waals surface area contributed by atoms with Gasteiger partial charge < -0.3 is 15.5 Å². The predicted molar refractivity (Wildman–Crippen MR) is 101 cm³/mol. The van der Waals surface area contributed by atoms with E-state index in [0.717, 1.165) is 36.4 Å². The van der Waals surface area contributed by atoms with Gasteiger partial charge in [0.05, 0.1) is 11.9 Å². The summed E-state index contributed by atoms with van der Waals surface area (Å²) in [7, 11) is 0. The summed E-state index contributed by atoms with van der Waals surface area (Å²) in [5.41, 5.74) is 0.961. The van der Waals surface area contributed by atoms with Crippen molar-refractivity contribution in [1.29, 1.82) is 0 Å². The van der Waals surface area contributed by atoms with E-state index in [0.29, 0.717) is 11.2 Å². The Morgan fingerprint density at radius 2 is 1.87 bits per heavy atom. The summed E-state index contributed by atoms with van der Waals surface area (Å²) in [5.74, 6) is 2.55. The van der Waals surface area contributed by atoms with Gasteiger partial charge in [0, 0.05) is 19.1 Å². The van der Waals surface area contributed by atoms with Gasteiger partial charge >= 0.3 is 0 Å². The maximum Gasteiger partial charge on any atom is 0.171 e. The van der Waals surface area contributed by atoms with Crippen LogP contribution in [0.3, 0.4) is 0 Å². The Bertz CT molecular complexity index is 514. The second kappa shape index (κ2) is 7.47. The molecule has 1 aliphatic heterocycles. The van der Waals surface area contributed by atoms with Crippen LogP contribution in [0.25, 0.3) is 0 Å². The van der Waals surface area contributed by atoms with Crippen LogP contribution in [0.15, 0.2) is 18.3 Å². The Labute approximate surface area is 145 Å². The molecule has 1 saturated carbocycles. The average Bonchev–Trinajstić information content (AvgIpc) is 2.99. The second-order valence-electron chi connectivity index (χ2n) is 7.34. The Kier molecular flexibility index (Phi) is 5.36. The highest BCUT2D eigenvalue weighted by Gasteiger charge is 2.22. The molecule has 0 unspecified atom stereocenters. The molecule has 0 amide bonds. The maximum absolute atomic E-state index is 5.40. The first-order valence-corrected chi connectivity index (χ1v) is 9.29. The molecule has 2 heterocycles. The Balaban J connectivity index is 1.55. The van der Waals surface area contributed by atoms with E-state index in [1.54, 1.807) is 0 Å². The summed E-state index contributed by atoms with van der Waals surface area (Å²) < 4.78 is 0. The summed E-state index contributed by atoms with van der Waals surface area (Å²) in [4.78, 5) is 7.03. The van der Waals surface area contributed by atoms with Crippen LogP contribution in [0, 0.1) is 11.8 Å². The van der Waals surface area contributed by atoms with Crippen LogP contribution in [0.1, 0.15) is 46.0 Å².